The van der Waals surface area contributed by atoms with E-state index in [0.29, 0.717) is 0 Å². The molecule has 0 N–H and O–H groups in total. The molecule has 0 saturated carbocycles. The van der Waals surface area contributed by atoms with Crippen LogP contribution in [-0.2, 0) is 27.2 Å². The molecule has 94 valence electrons. The average molecular weight is 311 g/mol. The van der Waals surface area contributed by atoms with Crippen LogP contribution in [0.3, 0.4) is 0 Å². The van der Waals surface area contributed by atoms with E-state index in [4.69, 9.17) is 40.6 Å². The van der Waals surface area contributed by atoms with Crippen LogP contribution in [0.4, 0.5) is 0 Å². The summed E-state index contributed by atoms with van der Waals surface area (Å²) in [5.74, 6) is 0. The van der Waals surface area contributed by atoms with Gasteiger partial charge in [-0.1, -0.05) is 0 Å². The maximum absolute atomic E-state index is 11.4. The van der Waals surface area contributed by atoms with Crippen molar-refractivity contribution in [2.45, 2.75) is 13.0 Å². The van der Waals surface area contributed by atoms with E-state index in [2.05, 4.69) is 0 Å². The van der Waals surface area contributed by atoms with Crippen LogP contribution in [-0.4, -0.2) is 25.9 Å². The quantitative estimate of drug-likeness (QED) is 0.640. The lowest BCUT2D eigenvalue weighted by Gasteiger charge is -2.44. The van der Waals surface area contributed by atoms with Crippen LogP contribution < -0.4 is 0 Å². The van der Waals surface area contributed by atoms with Crippen molar-refractivity contribution < 1.29 is 27.2 Å². The summed E-state index contributed by atoms with van der Waals surface area (Å²) < 4.78 is 42.4. The molecule has 2 rings (SSSR count). The van der Waals surface area contributed by atoms with Crippen LogP contribution >= 0.6 is 36.4 Å². The lowest BCUT2D eigenvalue weighted by atomic mass is 9.85. The fourth-order valence-corrected chi connectivity index (χ4v) is 4.23. The molecule has 0 amide bonds. The molecular weight excluding hydrogens is 301 g/mol. The third kappa shape index (κ3) is 2.65. The molecule has 2 aliphatic rings. The van der Waals surface area contributed by atoms with Gasteiger partial charge in [-0.3, -0.25) is 18.1 Å². The lowest BCUT2D eigenvalue weighted by molar-refractivity contribution is -0.100. The summed E-state index contributed by atoms with van der Waals surface area (Å²) in [5.41, 5.74) is -0.675. The highest BCUT2D eigenvalue weighted by atomic mass is 35.7. The minimum atomic E-state index is -3.51. The summed E-state index contributed by atoms with van der Waals surface area (Å²) in [6.07, 6.45) is -0.499. The van der Waals surface area contributed by atoms with Gasteiger partial charge in [-0.05, 0) is 6.92 Å². The second kappa shape index (κ2) is 4.22. The third-order valence-electron chi connectivity index (χ3n) is 2.67. The van der Waals surface area contributed by atoms with Crippen LogP contribution in [0.1, 0.15) is 6.92 Å². The molecule has 2 saturated heterocycles. The first-order chi connectivity index (χ1) is 7.25. The van der Waals surface area contributed by atoms with E-state index in [0.717, 1.165) is 0 Å². The lowest BCUT2D eigenvalue weighted by Crippen LogP contribution is -2.50. The maximum Gasteiger partial charge on any atom is 0.424 e. The van der Waals surface area contributed by atoms with E-state index >= 15 is 0 Å². The summed E-state index contributed by atoms with van der Waals surface area (Å²) in [5, 5.41) is 0. The summed E-state index contributed by atoms with van der Waals surface area (Å²) in [6.45, 7) is -5.17. The molecule has 2 heterocycles. The Bertz CT molecular complexity index is 367. The predicted octanol–water partition coefficient (Wildman–Crippen LogP) is 3.15. The Morgan fingerprint density at radius 2 is 1.50 bits per heavy atom. The minimum Gasteiger partial charge on any atom is -0.296 e. The van der Waals surface area contributed by atoms with Crippen molar-refractivity contribution in [2.24, 2.45) is 5.41 Å². The molecule has 0 aromatic rings. The monoisotopic (exact) mass is 310 g/mol. The van der Waals surface area contributed by atoms with Gasteiger partial charge in [0, 0.05) is 22.5 Å². The zero-order valence-corrected chi connectivity index (χ0v) is 11.6. The number of rotatable bonds is 0. The minimum absolute atomic E-state index is 0.0475. The molecule has 2 fully saturated rings. The average Bonchev–Trinajstić information content (AvgIpc) is 2.15. The van der Waals surface area contributed by atoms with Gasteiger partial charge in [-0.15, -0.1) is 0 Å². The van der Waals surface area contributed by atoms with Gasteiger partial charge in [0.25, 0.3) is 0 Å². The van der Waals surface area contributed by atoms with Gasteiger partial charge in [0.15, 0.2) is 0 Å². The molecule has 0 aromatic heterocycles. The maximum atomic E-state index is 11.4. The van der Waals surface area contributed by atoms with Gasteiger partial charge in [-0.2, -0.15) is 0 Å². The molecule has 1 spiro atoms. The van der Waals surface area contributed by atoms with Gasteiger partial charge < -0.3 is 0 Å². The molecule has 16 heavy (non-hydrogen) atoms. The fourth-order valence-electron chi connectivity index (χ4n) is 1.46. The Morgan fingerprint density at radius 3 is 2.00 bits per heavy atom. The van der Waals surface area contributed by atoms with Gasteiger partial charge in [0.05, 0.1) is 31.3 Å². The van der Waals surface area contributed by atoms with Crippen molar-refractivity contribution in [3.63, 3.8) is 0 Å². The van der Waals surface area contributed by atoms with Crippen molar-refractivity contribution in [2.75, 3.05) is 19.8 Å². The van der Waals surface area contributed by atoms with E-state index in [1.54, 1.807) is 6.92 Å². The van der Waals surface area contributed by atoms with Crippen molar-refractivity contribution in [1.82, 2.24) is 0 Å². The Labute approximate surface area is 102 Å². The summed E-state index contributed by atoms with van der Waals surface area (Å²) in [7, 11) is 0. The standard InChI is InChI=1S/C6H10Cl2O6P2/c1-5-6(4-13-16(8,10)14-5)2-11-15(7,9)12-3-6/h5H,2-4H2,1H3. The van der Waals surface area contributed by atoms with Crippen LogP contribution in [0, 0.1) is 5.41 Å². The third-order valence-corrected chi connectivity index (χ3v) is 5.66. The van der Waals surface area contributed by atoms with Crippen molar-refractivity contribution in [3.8, 4) is 0 Å². The SMILES string of the molecule is CC1OP(=O)(Cl)OCC12COP(=O)(Cl)OC2. The molecule has 0 aromatic carbocycles. The molecule has 10 heteroatoms. The zero-order valence-electron chi connectivity index (χ0n) is 8.30. The highest BCUT2D eigenvalue weighted by Gasteiger charge is 2.52. The smallest absolute Gasteiger partial charge is 0.296 e. The van der Waals surface area contributed by atoms with Gasteiger partial charge in [0.2, 0.25) is 0 Å². The number of halogens is 2. The molecule has 2 aliphatic heterocycles. The van der Waals surface area contributed by atoms with Crippen molar-refractivity contribution in [3.05, 3.63) is 0 Å². The van der Waals surface area contributed by atoms with Crippen LogP contribution in [0.5, 0.6) is 0 Å². The highest BCUT2D eigenvalue weighted by Crippen LogP contribution is 2.64. The largest absolute Gasteiger partial charge is 0.424 e. The Balaban J connectivity index is 2.11. The Hall–Kier alpha value is 0.880. The Morgan fingerprint density at radius 1 is 1.06 bits per heavy atom. The summed E-state index contributed by atoms with van der Waals surface area (Å²) in [6, 6.07) is 0. The number of hydrogen-bond donors (Lipinski definition) is 0. The normalized spacial score (nSPS) is 54.1. The highest BCUT2D eigenvalue weighted by molar-refractivity contribution is 7.81. The molecule has 2 unspecified atom stereocenters. The van der Waals surface area contributed by atoms with E-state index < -0.39 is 25.4 Å². The molecule has 0 radical (unpaired) electrons. The fraction of sp³-hybridized carbons (Fsp3) is 1.00. The molecule has 0 aliphatic carbocycles. The number of hydrogen-bond acceptors (Lipinski definition) is 6. The van der Waals surface area contributed by atoms with E-state index in [1.807, 2.05) is 0 Å². The van der Waals surface area contributed by atoms with Gasteiger partial charge in [0.1, 0.15) is 0 Å². The van der Waals surface area contributed by atoms with Gasteiger partial charge in [-0.25, -0.2) is 9.13 Å². The predicted molar refractivity (Wildman–Crippen MR) is 57.8 cm³/mol. The van der Waals surface area contributed by atoms with Crippen LogP contribution in [0.25, 0.3) is 0 Å². The van der Waals surface area contributed by atoms with E-state index in [9.17, 15) is 9.13 Å². The first-order valence-electron chi connectivity index (χ1n) is 4.46. The summed E-state index contributed by atoms with van der Waals surface area (Å²) >= 11 is 10.9. The van der Waals surface area contributed by atoms with Crippen molar-refractivity contribution >= 4 is 36.4 Å². The summed E-state index contributed by atoms with van der Waals surface area (Å²) in [4.78, 5) is 0. The second-order valence-corrected chi connectivity index (χ2v) is 8.98. The van der Waals surface area contributed by atoms with E-state index in [1.165, 1.54) is 0 Å². The van der Waals surface area contributed by atoms with Gasteiger partial charge >= 0.3 is 13.9 Å². The first-order valence-corrected chi connectivity index (χ1v) is 9.36. The molecule has 6 nitrogen and oxygen atoms in total. The van der Waals surface area contributed by atoms with Crippen LogP contribution in [0.2, 0.25) is 0 Å². The molecule has 2 atom stereocenters. The van der Waals surface area contributed by atoms with Crippen LogP contribution in [0.15, 0.2) is 0 Å². The molecule has 0 bridgehead atoms. The zero-order chi connectivity index (χ0) is 12.0. The molecular formula is C6H10Cl2O6P2. The Kier molecular flexibility index (Phi) is 3.51. The second-order valence-electron chi connectivity index (χ2n) is 3.79. The van der Waals surface area contributed by atoms with Crippen molar-refractivity contribution in [1.29, 1.82) is 0 Å². The van der Waals surface area contributed by atoms with E-state index in [-0.39, 0.29) is 19.8 Å². The first kappa shape index (κ1) is 13.3. The topological polar surface area (TPSA) is 71.1 Å².